The molecule has 0 spiro atoms. The Balaban J connectivity index is 2.32. The Morgan fingerprint density at radius 1 is 0.889 bits per heavy atom. The Morgan fingerprint density at radius 3 is 1.83 bits per heavy atom. The summed E-state index contributed by atoms with van der Waals surface area (Å²) in [4.78, 5) is 2.35. The molecule has 1 heterocycles. The fraction of sp³-hybridized carbons (Fsp3) is 0.875. The second-order valence-corrected chi connectivity index (χ2v) is 5.98. The van der Waals surface area contributed by atoms with Crippen molar-refractivity contribution in [2.45, 2.75) is 65.2 Å². The number of unbranched alkanes of at least 4 members (excludes halogenated alkanes) is 6. The molecule has 0 aromatic rings. The number of rotatable bonds is 10. The first-order valence-corrected chi connectivity index (χ1v) is 7.98. The highest BCUT2D eigenvalue weighted by molar-refractivity contribution is 4.79. The first-order chi connectivity index (χ1) is 8.72. The average Bonchev–Trinajstić information content (AvgIpc) is 2.73. The Kier molecular flexibility index (Phi) is 7.41. The minimum Gasteiger partial charge on any atom is -0.329 e. The van der Waals surface area contributed by atoms with E-state index in [1.807, 2.05) is 0 Å². The van der Waals surface area contributed by atoms with Crippen LogP contribution >= 0.6 is 0 Å². The molecule has 1 aliphatic heterocycles. The smallest absolute Gasteiger partial charge is 0.158 e. The van der Waals surface area contributed by atoms with Crippen LogP contribution in [0.4, 0.5) is 0 Å². The second-order valence-electron chi connectivity index (χ2n) is 5.98. The van der Waals surface area contributed by atoms with Gasteiger partial charge >= 0.3 is 0 Å². The summed E-state index contributed by atoms with van der Waals surface area (Å²) in [5, 5.41) is 0. The summed E-state index contributed by atoms with van der Waals surface area (Å²) in [6, 6.07) is 0. The molecule has 0 atom stereocenters. The van der Waals surface area contributed by atoms with Crippen LogP contribution in [-0.4, -0.2) is 36.2 Å². The molecule has 0 aliphatic carbocycles. The molecular weight excluding hydrogens is 220 g/mol. The van der Waals surface area contributed by atoms with E-state index in [9.17, 15) is 0 Å². The highest BCUT2D eigenvalue weighted by Crippen LogP contribution is 2.20. The van der Waals surface area contributed by atoms with E-state index in [0.717, 1.165) is 0 Å². The maximum absolute atomic E-state index is 2.44. The van der Waals surface area contributed by atoms with Gasteiger partial charge in [-0.25, -0.2) is 0 Å². The van der Waals surface area contributed by atoms with Gasteiger partial charge in [-0.3, -0.25) is 4.48 Å². The van der Waals surface area contributed by atoms with Crippen LogP contribution in [0.25, 0.3) is 0 Å². The van der Waals surface area contributed by atoms with Crippen LogP contribution in [-0.2, 0) is 0 Å². The molecule has 0 bridgehead atoms. The average molecular weight is 253 g/mol. The quantitative estimate of drug-likeness (QED) is 0.413. The summed E-state index contributed by atoms with van der Waals surface area (Å²) < 4.78 is 1.21. The van der Waals surface area contributed by atoms with Crippen LogP contribution < -0.4 is 0 Å². The van der Waals surface area contributed by atoms with Crippen molar-refractivity contribution in [1.29, 1.82) is 0 Å². The van der Waals surface area contributed by atoms with E-state index in [4.69, 9.17) is 0 Å². The summed E-state index contributed by atoms with van der Waals surface area (Å²) in [5.74, 6) is 0. The lowest BCUT2D eigenvalue weighted by Gasteiger charge is -2.32. The van der Waals surface area contributed by atoms with Gasteiger partial charge in [-0.15, -0.1) is 0 Å². The van der Waals surface area contributed by atoms with E-state index >= 15 is 0 Å². The van der Waals surface area contributed by atoms with Gasteiger partial charge in [-0.1, -0.05) is 39.5 Å². The largest absolute Gasteiger partial charge is 0.329 e. The second kappa shape index (κ2) is 8.58. The fourth-order valence-electron chi connectivity index (χ4n) is 2.90. The minimum atomic E-state index is 1.19. The molecular formula is C16H33N2+. The molecule has 0 unspecified atom stereocenters. The van der Waals surface area contributed by atoms with Crippen LogP contribution in [0.3, 0.4) is 0 Å². The van der Waals surface area contributed by atoms with Gasteiger partial charge in [-0.05, 0) is 25.7 Å². The van der Waals surface area contributed by atoms with Crippen molar-refractivity contribution in [3.63, 3.8) is 0 Å². The molecule has 0 N–H and O–H groups in total. The van der Waals surface area contributed by atoms with E-state index < -0.39 is 0 Å². The number of nitrogens with zero attached hydrogens (tertiary/aromatic N) is 2. The normalized spacial score (nSPS) is 17.6. The van der Waals surface area contributed by atoms with E-state index in [-0.39, 0.29) is 0 Å². The van der Waals surface area contributed by atoms with Crippen molar-refractivity contribution >= 4 is 0 Å². The van der Waals surface area contributed by atoms with Crippen molar-refractivity contribution < 1.29 is 4.48 Å². The van der Waals surface area contributed by atoms with E-state index in [0.29, 0.717) is 0 Å². The third kappa shape index (κ3) is 5.43. The van der Waals surface area contributed by atoms with Gasteiger partial charge in [-0.2, -0.15) is 0 Å². The Hall–Kier alpha value is -0.500. The molecule has 106 valence electrons. The predicted octanol–water partition coefficient (Wildman–Crippen LogP) is 4.34. The zero-order valence-corrected chi connectivity index (χ0v) is 12.8. The molecule has 0 aromatic heterocycles. The lowest BCUT2D eigenvalue weighted by Crippen LogP contribution is -2.45. The van der Waals surface area contributed by atoms with Crippen molar-refractivity contribution in [2.75, 3.05) is 26.8 Å². The number of quaternary nitrogens is 1. The van der Waals surface area contributed by atoms with E-state index in [1.165, 1.54) is 75.6 Å². The highest BCUT2D eigenvalue weighted by Gasteiger charge is 2.29. The summed E-state index contributed by atoms with van der Waals surface area (Å²) in [7, 11) is 2.20. The Morgan fingerprint density at radius 2 is 1.44 bits per heavy atom. The molecule has 1 aliphatic rings. The topological polar surface area (TPSA) is 3.24 Å². The Bertz CT molecular complexity index is 223. The molecule has 0 fully saturated rings. The third-order valence-electron chi connectivity index (χ3n) is 4.06. The van der Waals surface area contributed by atoms with Gasteiger partial charge < -0.3 is 4.90 Å². The van der Waals surface area contributed by atoms with Crippen LogP contribution in [0, 0.1) is 0 Å². The van der Waals surface area contributed by atoms with Gasteiger partial charge in [0.1, 0.15) is 6.20 Å². The van der Waals surface area contributed by atoms with E-state index in [2.05, 4.69) is 38.2 Å². The summed E-state index contributed by atoms with van der Waals surface area (Å²) in [6.45, 7) is 8.45. The molecule has 0 aromatic carbocycles. The fourth-order valence-corrected chi connectivity index (χ4v) is 2.90. The van der Waals surface area contributed by atoms with Gasteiger partial charge in [0.05, 0.1) is 19.3 Å². The summed E-state index contributed by atoms with van der Waals surface area (Å²) in [6.07, 6.45) is 15.8. The molecule has 1 rings (SSSR count). The van der Waals surface area contributed by atoms with Crippen molar-refractivity contribution in [2.24, 2.45) is 0 Å². The monoisotopic (exact) mass is 253 g/mol. The molecule has 2 nitrogen and oxygen atoms in total. The molecule has 0 amide bonds. The predicted molar refractivity (Wildman–Crippen MR) is 80.0 cm³/mol. The van der Waals surface area contributed by atoms with Crippen LogP contribution in [0.1, 0.15) is 65.2 Å². The summed E-state index contributed by atoms with van der Waals surface area (Å²) >= 11 is 0. The van der Waals surface area contributed by atoms with E-state index in [1.54, 1.807) is 0 Å². The maximum atomic E-state index is 2.44. The van der Waals surface area contributed by atoms with Crippen molar-refractivity contribution in [3.05, 3.63) is 12.4 Å². The lowest BCUT2D eigenvalue weighted by atomic mass is 10.1. The molecule has 0 saturated carbocycles. The van der Waals surface area contributed by atoms with Crippen molar-refractivity contribution in [1.82, 2.24) is 4.90 Å². The van der Waals surface area contributed by atoms with Gasteiger partial charge in [0.25, 0.3) is 0 Å². The standard InChI is InChI=1S/C16H33N2/c1-4-6-8-10-13-18(14-11-9-7-5-2)15-12-17(3)16-18/h12,15H,4-11,13-14,16H2,1-3H3/q+1. The Labute approximate surface area is 114 Å². The van der Waals surface area contributed by atoms with Gasteiger partial charge in [0.2, 0.25) is 0 Å². The maximum Gasteiger partial charge on any atom is 0.158 e. The van der Waals surface area contributed by atoms with Gasteiger partial charge in [0, 0.05) is 7.05 Å². The number of hydrogen-bond acceptors (Lipinski definition) is 1. The zero-order chi connectivity index (χ0) is 13.3. The first kappa shape index (κ1) is 15.6. The van der Waals surface area contributed by atoms with Crippen LogP contribution in [0.2, 0.25) is 0 Å². The zero-order valence-electron chi connectivity index (χ0n) is 12.8. The van der Waals surface area contributed by atoms with Gasteiger partial charge in [0.15, 0.2) is 6.67 Å². The molecule has 0 saturated heterocycles. The minimum absolute atomic E-state index is 1.19. The van der Waals surface area contributed by atoms with Crippen LogP contribution in [0.15, 0.2) is 12.4 Å². The van der Waals surface area contributed by atoms with Crippen molar-refractivity contribution in [3.8, 4) is 0 Å². The summed E-state index contributed by atoms with van der Waals surface area (Å²) in [5.41, 5.74) is 0. The third-order valence-corrected chi connectivity index (χ3v) is 4.06. The SMILES string of the molecule is CCCCCC[N+]1(CCCCCC)C=CN(C)C1. The lowest BCUT2D eigenvalue weighted by molar-refractivity contribution is -0.881. The molecule has 2 heteroatoms. The first-order valence-electron chi connectivity index (χ1n) is 7.98. The van der Waals surface area contributed by atoms with Crippen LogP contribution in [0.5, 0.6) is 0 Å². The highest BCUT2D eigenvalue weighted by atomic mass is 15.5. The molecule has 0 radical (unpaired) electrons. The number of hydrogen-bond donors (Lipinski definition) is 0. The molecule has 18 heavy (non-hydrogen) atoms.